The number of nitrogens with one attached hydrogen (secondary N) is 3. The van der Waals surface area contributed by atoms with E-state index in [0.29, 0.717) is 30.3 Å². The number of ether oxygens (including phenoxy) is 2. The van der Waals surface area contributed by atoms with Gasteiger partial charge in [0.15, 0.2) is 5.75 Å². The van der Waals surface area contributed by atoms with E-state index in [-0.39, 0.29) is 23.4 Å². The average Bonchev–Trinajstić information content (AvgIpc) is 3.72. The van der Waals surface area contributed by atoms with Crippen LogP contribution in [0.15, 0.2) is 61.3 Å². The zero-order chi connectivity index (χ0) is 29.6. The summed E-state index contributed by atoms with van der Waals surface area (Å²) in [6, 6.07) is 11.5. The number of aromatic nitrogens is 2. The number of carbonyl (C=O) groups excluding carboxylic acids is 1. The number of halogens is 3. The molecule has 0 saturated heterocycles. The normalized spacial score (nSPS) is 13.0. The van der Waals surface area contributed by atoms with Crippen molar-refractivity contribution < 1.29 is 27.4 Å². The Labute approximate surface area is 236 Å². The van der Waals surface area contributed by atoms with Gasteiger partial charge in [-0.2, -0.15) is 4.98 Å². The van der Waals surface area contributed by atoms with Crippen molar-refractivity contribution in [3.05, 3.63) is 61.3 Å². The molecule has 1 aliphatic carbocycles. The number of amides is 1. The number of benzene rings is 2. The summed E-state index contributed by atoms with van der Waals surface area (Å²) in [4.78, 5) is 24.4. The lowest BCUT2D eigenvalue weighted by Crippen LogP contribution is -2.29. The Bertz CT molecular complexity index is 1380. The number of alkyl halides is 3. The minimum absolute atomic E-state index is 0.00196. The van der Waals surface area contributed by atoms with Crippen molar-refractivity contribution in [2.45, 2.75) is 25.3 Å². The van der Waals surface area contributed by atoms with E-state index in [9.17, 15) is 18.0 Å². The Hall–Kier alpha value is -4.52. The standard InChI is InChI=1S/C28H32F3N7O3/c1-5-26(39)34-21-16-22(24(41-28(29,30)31)17-23(21)38(4)14-13-37(2)3)35-27-32-12-11-25(36-27)33-18-7-6-8-20(15-18)40-19-9-10-19/h5-8,11-12,15-17,19H,1,9-10,13-14H2,2-4H3,(H,34,39)(H2,32,33,35,36). The molecule has 3 aromatic rings. The second kappa shape index (κ2) is 12.8. The molecule has 1 aromatic heterocycles. The molecule has 1 amide bonds. The first-order chi connectivity index (χ1) is 19.5. The molecule has 0 radical (unpaired) electrons. The fourth-order valence-corrected chi connectivity index (χ4v) is 3.73. The zero-order valence-electron chi connectivity index (χ0n) is 23.0. The summed E-state index contributed by atoms with van der Waals surface area (Å²) in [5, 5.41) is 8.61. The van der Waals surface area contributed by atoms with E-state index in [1.165, 1.54) is 18.3 Å². The quantitative estimate of drug-likeness (QED) is 0.229. The van der Waals surface area contributed by atoms with Crippen LogP contribution in [-0.4, -0.2) is 67.5 Å². The Balaban J connectivity index is 1.64. The molecule has 1 heterocycles. The van der Waals surface area contributed by atoms with Crippen LogP contribution in [0.5, 0.6) is 11.5 Å². The van der Waals surface area contributed by atoms with Gasteiger partial charge in [-0.3, -0.25) is 4.79 Å². The number of nitrogens with zero attached hydrogens (tertiary/aromatic N) is 4. The van der Waals surface area contributed by atoms with Gasteiger partial charge in [0.1, 0.15) is 11.6 Å². The molecule has 1 saturated carbocycles. The van der Waals surface area contributed by atoms with Gasteiger partial charge in [0.2, 0.25) is 11.9 Å². The van der Waals surface area contributed by atoms with Crippen molar-refractivity contribution in [2.24, 2.45) is 0 Å². The van der Waals surface area contributed by atoms with E-state index in [1.807, 2.05) is 43.3 Å². The molecule has 1 aliphatic rings. The molecule has 4 rings (SSSR count). The molecule has 2 aromatic carbocycles. The largest absolute Gasteiger partial charge is 0.573 e. The third-order valence-corrected chi connectivity index (χ3v) is 5.90. The molecule has 1 fully saturated rings. The maximum absolute atomic E-state index is 13.4. The first-order valence-electron chi connectivity index (χ1n) is 12.9. The molecule has 218 valence electrons. The van der Waals surface area contributed by atoms with Crippen LogP contribution >= 0.6 is 0 Å². The minimum Gasteiger partial charge on any atom is -0.490 e. The zero-order valence-corrected chi connectivity index (χ0v) is 23.0. The van der Waals surface area contributed by atoms with Crippen molar-refractivity contribution in [1.82, 2.24) is 14.9 Å². The molecule has 0 unspecified atom stereocenters. The smallest absolute Gasteiger partial charge is 0.490 e. The molecule has 0 aliphatic heterocycles. The van der Waals surface area contributed by atoms with E-state index in [1.54, 1.807) is 18.0 Å². The highest BCUT2D eigenvalue weighted by Gasteiger charge is 2.33. The molecule has 41 heavy (non-hydrogen) atoms. The number of hydrogen-bond acceptors (Lipinski definition) is 9. The van der Waals surface area contributed by atoms with E-state index in [4.69, 9.17) is 4.74 Å². The van der Waals surface area contributed by atoms with Crippen molar-refractivity contribution in [1.29, 1.82) is 0 Å². The van der Waals surface area contributed by atoms with E-state index in [2.05, 4.69) is 37.2 Å². The van der Waals surface area contributed by atoms with Crippen molar-refractivity contribution in [3.8, 4) is 11.5 Å². The summed E-state index contributed by atoms with van der Waals surface area (Å²) < 4.78 is 50.5. The van der Waals surface area contributed by atoms with Crippen molar-refractivity contribution >= 4 is 40.4 Å². The molecular weight excluding hydrogens is 539 g/mol. The Kier molecular flexibility index (Phi) is 9.17. The lowest BCUT2D eigenvalue weighted by molar-refractivity contribution is -0.274. The molecular formula is C28H32F3N7O3. The lowest BCUT2D eigenvalue weighted by atomic mass is 10.2. The van der Waals surface area contributed by atoms with Gasteiger partial charge >= 0.3 is 6.36 Å². The fraction of sp³-hybridized carbons (Fsp3) is 0.321. The molecule has 0 spiro atoms. The van der Waals surface area contributed by atoms with Crippen molar-refractivity contribution in [3.63, 3.8) is 0 Å². The van der Waals surface area contributed by atoms with Crippen LogP contribution in [-0.2, 0) is 4.79 Å². The molecule has 0 bridgehead atoms. The van der Waals surface area contributed by atoms with Crippen LogP contribution in [0.4, 0.5) is 47.7 Å². The van der Waals surface area contributed by atoms with Crippen LogP contribution < -0.4 is 30.3 Å². The predicted molar refractivity (Wildman–Crippen MR) is 152 cm³/mol. The van der Waals surface area contributed by atoms with Crippen LogP contribution in [0, 0.1) is 0 Å². The second-order valence-corrected chi connectivity index (χ2v) is 9.69. The van der Waals surface area contributed by atoms with Crippen LogP contribution in [0.1, 0.15) is 12.8 Å². The molecule has 10 nitrogen and oxygen atoms in total. The maximum atomic E-state index is 13.4. The summed E-state index contributed by atoms with van der Waals surface area (Å²) in [5.74, 6) is 0.0704. The third kappa shape index (κ3) is 9.00. The SMILES string of the molecule is C=CC(=O)Nc1cc(Nc2nccc(Nc3cccc(OC4CC4)c3)n2)c(OC(F)(F)F)cc1N(C)CCN(C)C. The van der Waals surface area contributed by atoms with Gasteiger partial charge in [0.05, 0.1) is 23.2 Å². The Morgan fingerprint density at radius 1 is 1.10 bits per heavy atom. The summed E-state index contributed by atoms with van der Waals surface area (Å²) in [6.07, 6.45) is -0.139. The summed E-state index contributed by atoms with van der Waals surface area (Å²) in [7, 11) is 5.46. The van der Waals surface area contributed by atoms with Gasteiger partial charge in [-0.25, -0.2) is 4.98 Å². The highest BCUT2D eigenvalue weighted by molar-refractivity contribution is 6.02. The average molecular weight is 572 g/mol. The lowest BCUT2D eigenvalue weighted by Gasteiger charge is -2.26. The van der Waals surface area contributed by atoms with E-state index in [0.717, 1.165) is 24.7 Å². The maximum Gasteiger partial charge on any atom is 0.573 e. The first-order valence-corrected chi connectivity index (χ1v) is 12.9. The van der Waals surface area contributed by atoms with Crippen LogP contribution in [0.2, 0.25) is 0 Å². The molecule has 0 atom stereocenters. The van der Waals surface area contributed by atoms with Gasteiger partial charge in [-0.05, 0) is 57.3 Å². The Morgan fingerprint density at radius 3 is 2.56 bits per heavy atom. The van der Waals surface area contributed by atoms with Crippen molar-refractivity contribution in [2.75, 3.05) is 55.1 Å². The van der Waals surface area contributed by atoms with Gasteiger partial charge < -0.3 is 35.2 Å². The Morgan fingerprint density at radius 2 is 1.88 bits per heavy atom. The third-order valence-electron chi connectivity index (χ3n) is 5.90. The van der Waals surface area contributed by atoms with E-state index >= 15 is 0 Å². The highest BCUT2D eigenvalue weighted by Crippen LogP contribution is 2.40. The number of rotatable bonds is 13. The number of anilines is 6. The highest BCUT2D eigenvalue weighted by atomic mass is 19.4. The fourth-order valence-electron chi connectivity index (χ4n) is 3.73. The summed E-state index contributed by atoms with van der Waals surface area (Å²) >= 11 is 0. The molecule has 13 heteroatoms. The van der Waals surface area contributed by atoms with Crippen LogP contribution in [0.25, 0.3) is 0 Å². The van der Waals surface area contributed by atoms with Crippen LogP contribution in [0.3, 0.4) is 0 Å². The van der Waals surface area contributed by atoms with E-state index < -0.39 is 18.0 Å². The minimum atomic E-state index is -4.97. The second-order valence-electron chi connectivity index (χ2n) is 9.69. The summed E-state index contributed by atoms with van der Waals surface area (Å²) in [5.41, 5.74) is 1.17. The van der Waals surface area contributed by atoms with Gasteiger partial charge in [-0.15, -0.1) is 13.2 Å². The molecule has 3 N–H and O–H groups in total. The topological polar surface area (TPSA) is 104 Å². The summed E-state index contributed by atoms with van der Waals surface area (Å²) in [6.45, 7) is 4.54. The first kappa shape index (κ1) is 29.5. The predicted octanol–water partition coefficient (Wildman–Crippen LogP) is 5.53. The number of hydrogen-bond donors (Lipinski definition) is 3. The monoisotopic (exact) mass is 571 g/mol. The number of likely N-dealkylation sites (N-methyl/N-ethyl adjacent to an activating group) is 2. The number of carbonyl (C=O) groups is 1. The van der Waals surface area contributed by atoms with Gasteiger partial charge in [0, 0.05) is 44.2 Å². The van der Waals surface area contributed by atoms with Gasteiger partial charge in [-0.1, -0.05) is 12.6 Å². The van der Waals surface area contributed by atoms with Gasteiger partial charge in [0.25, 0.3) is 0 Å².